The van der Waals surface area contributed by atoms with Crippen LogP contribution < -0.4 is 5.73 Å². The molecule has 16 heavy (non-hydrogen) atoms. The first-order valence-electron chi connectivity index (χ1n) is 5.32. The van der Waals surface area contributed by atoms with Gasteiger partial charge in [0.1, 0.15) is 0 Å². The number of nitrogens with zero attached hydrogens (tertiary/aromatic N) is 2. The summed E-state index contributed by atoms with van der Waals surface area (Å²) in [7, 11) is 0. The van der Waals surface area contributed by atoms with Crippen LogP contribution in [0.2, 0.25) is 0 Å². The van der Waals surface area contributed by atoms with Crippen molar-refractivity contribution in [3.63, 3.8) is 0 Å². The number of halogens is 2. The van der Waals surface area contributed by atoms with Gasteiger partial charge in [0.15, 0.2) is 0 Å². The summed E-state index contributed by atoms with van der Waals surface area (Å²) in [6.45, 7) is 7.10. The van der Waals surface area contributed by atoms with E-state index in [9.17, 15) is 0 Å². The molecule has 3 nitrogen and oxygen atoms in total. The maximum Gasteiger partial charge on any atom is 0.0763 e. The van der Waals surface area contributed by atoms with Crippen molar-refractivity contribution >= 4 is 24.8 Å². The highest BCUT2D eigenvalue weighted by molar-refractivity contribution is 5.85. The third-order valence-corrected chi connectivity index (χ3v) is 2.63. The Morgan fingerprint density at radius 3 is 2.31 bits per heavy atom. The van der Waals surface area contributed by atoms with Gasteiger partial charge in [-0.05, 0) is 39.7 Å². The normalized spacial score (nSPS) is 15.2. The van der Waals surface area contributed by atoms with Gasteiger partial charge < -0.3 is 5.73 Å². The van der Waals surface area contributed by atoms with Gasteiger partial charge >= 0.3 is 0 Å². The highest BCUT2D eigenvalue weighted by Crippen LogP contribution is 2.41. The molecule has 94 valence electrons. The average Bonchev–Trinajstić information content (AvgIpc) is 2.83. The molecule has 2 rings (SSSR count). The minimum absolute atomic E-state index is 0. The van der Waals surface area contributed by atoms with Gasteiger partial charge in [-0.15, -0.1) is 24.8 Å². The lowest BCUT2D eigenvalue weighted by Gasteiger charge is -2.22. The summed E-state index contributed by atoms with van der Waals surface area (Å²) in [5.74, 6) is 0.738. The van der Waals surface area contributed by atoms with E-state index in [1.54, 1.807) is 0 Å². The molecular weight excluding hydrogens is 245 g/mol. The van der Waals surface area contributed by atoms with E-state index in [2.05, 4.69) is 36.6 Å². The topological polar surface area (TPSA) is 43.8 Å². The molecule has 0 saturated heterocycles. The molecule has 0 aromatic carbocycles. The van der Waals surface area contributed by atoms with Crippen molar-refractivity contribution in [3.8, 4) is 0 Å². The van der Waals surface area contributed by atoms with Crippen molar-refractivity contribution in [2.45, 2.75) is 51.6 Å². The molecule has 0 bridgehead atoms. The molecule has 1 saturated carbocycles. The first-order valence-corrected chi connectivity index (χ1v) is 5.32. The molecule has 0 atom stereocenters. The van der Waals surface area contributed by atoms with Crippen molar-refractivity contribution in [2.75, 3.05) is 0 Å². The minimum atomic E-state index is 0. The van der Waals surface area contributed by atoms with E-state index in [0.717, 1.165) is 11.6 Å². The SMILES string of the molecule is CC(C)(C)n1nc(CN)cc1C1CC1.Cl.Cl. The average molecular weight is 266 g/mol. The smallest absolute Gasteiger partial charge is 0.0763 e. The molecule has 1 aliphatic rings. The Hall–Kier alpha value is -0.250. The van der Waals surface area contributed by atoms with Gasteiger partial charge in [-0.25, -0.2) is 0 Å². The number of rotatable bonds is 2. The van der Waals surface area contributed by atoms with Crippen molar-refractivity contribution in [1.29, 1.82) is 0 Å². The summed E-state index contributed by atoms with van der Waals surface area (Å²) < 4.78 is 2.15. The number of hydrogen-bond acceptors (Lipinski definition) is 2. The molecule has 0 spiro atoms. The lowest BCUT2D eigenvalue weighted by atomic mass is 10.1. The number of aromatic nitrogens is 2. The third-order valence-electron chi connectivity index (χ3n) is 2.63. The summed E-state index contributed by atoms with van der Waals surface area (Å²) in [6.07, 6.45) is 2.62. The molecule has 0 aliphatic heterocycles. The van der Waals surface area contributed by atoms with Crippen LogP contribution in [0, 0.1) is 0 Å². The summed E-state index contributed by atoms with van der Waals surface area (Å²) in [5, 5.41) is 4.55. The largest absolute Gasteiger partial charge is 0.325 e. The summed E-state index contributed by atoms with van der Waals surface area (Å²) in [4.78, 5) is 0. The minimum Gasteiger partial charge on any atom is -0.325 e. The molecule has 1 fully saturated rings. The second-order valence-electron chi connectivity index (χ2n) is 5.12. The summed E-state index contributed by atoms with van der Waals surface area (Å²) in [5.41, 5.74) is 8.08. The van der Waals surface area contributed by atoms with Crippen LogP contribution in [-0.2, 0) is 12.1 Å². The molecule has 1 heterocycles. The highest BCUT2D eigenvalue weighted by Gasteiger charge is 2.31. The molecule has 1 aliphatic carbocycles. The van der Waals surface area contributed by atoms with Gasteiger partial charge in [0.05, 0.1) is 11.2 Å². The van der Waals surface area contributed by atoms with Crippen LogP contribution in [-0.4, -0.2) is 9.78 Å². The van der Waals surface area contributed by atoms with E-state index >= 15 is 0 Å². The summed E-state index contributed by atoms with van der Waals surface area (Å²) >= 11 is 0. The summed E-state index contributed by atoms with van der Waals surface area (Å²) in [6, 6.07) is 2.17. The quantitative estimate of drug-likeness (QED) is 0.894. The van der Waals surface area contributed by atoms with Crippen LogP contribution in [0.4, 0.5) is 0 Å². The van der Waals surface area contributed by atoms with Crippen LogP contribution in [0.5, 0.6) is 0 Å². The lowest BCUT2D eigenvalue weighted by Crippen LogP contribution is -2.25. The monoisotopic (exact) mass is 265 g/mol. The Bertz CT molecular complexity index is 337. The van der Waals surface area contributed by atoms with Crippen LogP contribution >= 0.6 is 24.8 Å². The molecule has 0 amide bonds. The predicted molar refractivity (Wildman–Crippen MR) is 71.6 cm³/mol. The zero-order chi connectivity index (χ0) is 10.3. The van der Waals surface area contributed by atoms with E-state index in [0.29, 0.717) is 6.54 Å². The molecule has 0 unspecified atom stereocenters. The predicted octanol–water partition coefficient (Wildman–Crippen LogP) is 2.82. The lowest BCUT2D eigenvalue weighted by molar-refractivity contribution is 0.341. The molecular formula is C11H21Cl2N3. The van der Waals surface area contributed by atoms with Crippen LogP contribution in [0.25, 0.3) is 0 Å². The maximum atomic E-state index is 5.62. The Balaban J connectivity index is 0.00000112. The van der Waals surface area contributed by atoms with E-state index in [1.807, 2.05) is 0 Å². The molecule has 2 N–H and O–H groups in total. The number of nitrogens with two attached hydrogens (primary N) is 1. The highest BCUT2D eigenvalue weighted by atomic mass is 35.5. The number of hydrogen-bond donors (Lipinski definition) is 1. The Morgan fingerprint density at radius 2 is 1.94 bits per heavy atom. The second kappa shape index (κ2) is 5.39. The standard InChI is InChI=1S/C11H19N3.2ClH/c1-11(2,3)14-10(8-4-5-8)6-9(7-12)13-14;;/h6,8H,4-5,7,12H2,1-3H3;2*1H. The van der Waals surface area contributed by atoms with E-state index in [-0.39, 0.29) is 30.4 Å². The zero-order valence-corrected chi connectivity index (χ0v) is 11.7. The van der Waals surface area contributed by atoms with E-state index in [1.165, 1.54) is 18.5 Å². The van der Waals surface area contributed by atoms with Gasteiger partial charge in [0.25, 0.3) is 0 Å². The first-order chi connectivity index (χ1) is 6.52. The third kappa shape index (κ3) is 3.12. The molecule has 0 radical (unpaired) electrons. The van der Waals surface area contributed by atoms with Gasteiger partial charge in [-0.1, -0.05) is 0 Å². The van der Waals surface area contributed by atoms with Gasteiger partial charge in [-0.2, -0.15) is 5.10 Å². The van der Waals surface area contributed by atoms with Crippen LogP contribution in [0.15, 0.2) is 6.07 Å². The van der Waals surface area contributed by atoms with Crippen molar-refractivity contribution in [3.05, 3.63) is 17.5 Å². The molecule has 1 aromatic rings. The van der Waals surface area contributed by atoms with Crippen LogP contribution in [0.3, 0.4) is 0 Å². The molecule has 1 aromatic heterocycles. The van der Waals surface area contributed by atoms with Crippen LogP contribution in [0.1, 0.15) is 50.9 Å². The van der Waals surface area contributed by atoms with Gasteiger partial charge in [-0.3, -0.25) is 4.68 Å². The molecule has 5 heteroatoms. The second-order valence-corrected chi connectivity index (χ2v) is 5.12. The zero-order valence-electron chi connectivity index (χ0n) is 10.1. The van der Waals surface area contributed by atoms with E-state index in [4.69, 9.17) is 5.73 Å². The fourth-order valence-electron chi connectivity index (χ4n) is 1.75. The fraction of sp³-hybridized carbons (Fsp3) is 0.727. The van der Waals surface area contributed by atoms with Gasteiger partial charge in [0.2, 0.25) is 0 Å². The Labute approximate surface area is 110 Å². The first kappa shape index (κ1) is 15.8. The Morgan fingerprint density at radius 1 is 1.38 bits per heavy atom. The van der Waals surface area contributed by atoms with Crippen molar-refractivity contribution < 1.29 is 0 Å². The van der Waals surface area contributed by atoms with E-state index < -0.39 is 0 Å². The Kier molecular flexibility index (Phi) is 5.30. The van der Waals surface area contributed by atoms with Crippen molar-refractivity contribution in [2.24, 2.45) is 5.73 Å². The van der Waals surface area contributed by atoms with Crippen molar-refractivity contribution in [1.82, 2.24) is 9.78 Å². The van der Waals surface area contributed by atoms with Gasteiger partial charge in [0, 0.05) is 18.2 Å². The fourth-order valence-corrected chi connectivity index (χ4v) is 1.75. The maximum absolute atomic E-state index is 5.62.